The van der Waals surface area contributed by atoms with Gasteiger partial charge in [0, 0.05) is 16.4 Å². The molecule has 0 saturated carbocycles. The number of hydrogen-bond donors (Lipinski definition) is 0. The third kappa shape index (κ3) is 17.6. The minimum atomic E-state index is -3.37. The molecule has 8 nitrogen and oxygen atoms in total. The molecule has 15 heteroatoms. The average Bonchev–Trinajstić information content (AvgIpc) is 3.36. The molecule has 0 aliphatic rings. The first-order chi connectivity index (χ1) is 34.6. The first-order valence-electron chi connectivity index (χ1n) is 27.2. The van der Waals surface area contributed by atoms with E-state index in [0.29, 0.717) is 24.4 Å². The van der Waals surface area contributed by atoms with Crippen LogP contribution in [0.25, 0.3) is 0 Å². The van der Waals surface area contributed by atoms with Crippen molar-refractivity contribution in [3.63, 3.8) is 0 Å². The largest absolute Gasteiger partial charge is 0.462 e. The highest BCUT2D eigenvalue weighted by molar-refractivity contribution is 7.01. The minimum Gasteiger partial charge on any atom is -0.462 e. The van der Waals surface area contributed by atoms with E-state index in [0.717, 1.165) is 61.9 Å². The molecule has 4 aromatic rings. The second-order valence-corrected chi connectivity index (χ2v) is 53.5. The van der Waals surface area contributed by atoms with E-state index in [-0.39, 0.29) is 17.7 Å². The van der Waals surface area contributed by atoms with Gasteiger partial charge < -0.3 is 26.6 Å². The topological polar surface area (TPSA) is 89.5 Å². The van der Waals surface area contributed by atoms with Crippen LogP contribution in [0.1, 0.15) is 60.3 Å². The summed E-state index contributed by atoms with van der Waals surface area (Å²) in [6.45, 7) is 42.5. The van der Waals surface area contributed by atoms with Gasteiger partial charge in [0.1, 0.15) is 8.07 Å². The molecular formula is C59H94O8Si7. The van der Waals surface area contributed by atoms with Crippen LogP contribution >= 0.6 is 0 Å². The Balaban J connectivity index is 1.81. The molecule has 406 valence electrons. The van der Waals surface area contributed by atoms with Crippen LogP contribution in [0.15, 0.2) is 146 Å². The fourth-order valence-corrected chi connectivity index (χ4v) is 47.5. The molecule has 4 aromatic carbocycles. The second-order valence-electron chi connectivity index (χ2n) is 23.7. The molecule has 0 radical (unpaired) electrons. The molecule has 0 aliphatic heterocycles. The summed E-state index contributed by atoms with van der Waals surface area (Å²) in [4.78, 5) is 24.2. The van der Waals surface area contributed by atoms with Crippen molar-refractivity contribution in [1.29, 1.82) is 0 Å². The highest BCUT2D eigenvalue weighted by Crippen LogP contribution is 2.40. The number of hydrogen-bond acceptors (Lipinski definition) is 8. The predicted octanol–water partition coefficient (Wildman–Crippen LogP) is 13.1. The molecule has 0 aromatic heterocycles. The Labute approximate surface area is 455 Å². The number of carbonyl (C=O) groups is 2. The quantitative estimate of drug-likeness (QED) is 0.0207. The monoisotopic (exact) mass is 1130 g/mol. The highest BCUT2D eigenvalue weighted by atomic mass is 28.4. The summed E-state index contributed by atoms with van der Waals surface area (Å²) < 4.78 is 42.4. The lowest BCUT2D eigenvalue weighted by atomic mass is 10.3. The molecule has 0 aliphatic carbocycles. The lowest BCUT2D eigenvalue weighted by molar-refractivity contribution is -0.139. The van der Waals surface area contributed by atoms with Crippen LogP contribution in [0.3, 0.4) is 0 Å². The van der Waals surface area contributed by atoms with Crippen molar-refractivity contribution in [1.82, 2.24) is 0 Å². The van der Waals surface area contributed by atoms with E-state index in [4.69, 9.17) is 26.6 Å². The van der Waals surface area contributed by atoms with Crippen molar-refractivity contribution in [2.45, 2.75) is 173 Å². The Bertz CT molecular complexity index is 2360. The fourth-order valence-electron chi connectivity index (χ4n) is 10.7. The van der Waals surface area contributed by atoms with Crippen molar-refractivity contribution in [3.05, 3.63) is 146 Å². The molecule has 0 bridgehead atoms. The fraction of sp³-hybridized carbons (Fsp3) is 0.492. The van der Waals surface area contributed by atoms with Gasteiger partial charge in [0.25, 0.3) is 8.32 Å². The summed E-state index contributed by atoms with van der Waals surface area (Å²) >= 11 is 0. The highest BCUT2D eigenvalue weighted by Gasteiger charge is 2.58. The van der Waals surface area contributed by atoms with Crippen LogP contribution in [0.5, 0.6) is 0 Å². The smallest absolute Gasteiger partial charge is 0.333 e. The van der Waals surface area contributed by atoms with E-state index in [1.165, 1.54) is 20.7 Å². The zero-order valence-corrected chi connectivity index (χ0v) is 55.3. The summed E-state index contributed by atoms with van der Waals surface area (Å²) in [6, 6.07) is 50.3. The van der Waals surface area contributed by atoms with Crippen LogP contribution in [0.4, 0.5) is 0 Å². The van der Waals surface area contributed by atoms with Crippen molar-refractivity contribution in [2.75, 3.05) is 13.2 Å². The van der Waals surface area contributed by atoms with E-state index in [9.17, 15) is 9.59 Å². The molecule has 0 amide bonds. The molecule has 0 heterocycles. The lowest BCUT2D eigenvalue weighted by Crippen LogP contribution is -2.77. The van der Waals surface area contributed by atoms with Crippen molar-refractivity contribution in [3.8, 4) is 0 Å². The molecular weight excluding hydrogens is 1030 g/mol. The van der Waals surface area contributed by atoms with E-state index < -0.39 is 63.2 Å². The van der Waals surface area contributed by atoms with Crippen LogP contribution in [-0.2, 0) is 36.1 Å². The Morgan fingerprint density at radius 1 is 0.500 bits per heavy atom. The summed E-state index contributed by atoms with van der Waals surface area (Å²) in [5.74, 6) is -0.660. The van der Waals surface area contributed by atoms with Gasteiger partial charge in [-0.15, -0.1) is 0 Å². The number of benzene rings is 4. The predicted molar refractivity (Wildman–Crippen MR) is 330 cm³/mol. The van der Waals surface area contributed by atoms with Crippen molar-refractivity contribution >= 4 is 90.7 Å². The maximum atomic E-state index is 12.1. The summed E-state index contributed by atoms with van der Waals surface area (Å²) in [7, 11) is -17.4. The molecule has 74 heavy (non-hydrogen) atoms. The lowest BCUT2D eigenvalue weighted by Gasteiger charge is -2.53. The zero-order valence-electron chi connectivity index (χ0n) is 48.3. The number of rotatable bonds is 32. The molecule has 0 N–H and O–H groups in total. The van der Waals surface area contributed by atoms with Gasteiger partial charge in [-0.1, -0.05) is 166 Å². The van der Waals surface area contributed by atoms with Gasteiger partial charge in [-0.25, -0.2) is 9.59 Å². The Hall–Kier alpha value is -3.34. The number of ether oxygens (including phenoxy) is 2. The van der Waals surface area contributed by atoms with Crippen LogP contribution in [0, 0.1) is 0 Å². The average molecular weight is 1130 g/mol. The normalized spacial score (nSPS) is 15.5. The Morgan fingerprint density at radius 2 is 0.851 bits per heavy atom. The Kier molecular flexibility index (Phi) is 23.3. The van der Waals surface area contributed by atoms with E-state index in [1.54, 1.807) is 13.8 Å². The maximum Gasteiger partial charge on any atom is 0.333 e. The van der Waals surface area contributed by atoms with Gasteiger partial charge in [0.05, 0.1) is 18.9 Å². The molecule has 3 unspecified atom stereocenters. The first kappa shape index (κ1) is 63.2. The van der Waals surface area contributed by atoms with Gasteiger partial charge in [-0.05, 0) is 151 Å². The number of esters is 2. The standard InChI is InChI=1S/C59H94O8Si7/c1-18-56(64-73(17,53-36-26-21-27-37-53)49-47-71(14,15)67-69(10,11)45-33-43-63-58(61)51(5)6)74(54-38-28-22-29-39-54,55-40-30-23-31-41-55)65-59(7,19-2)72(16,52-34-24-20-25-35-52)48-46-70(12,13)66-68(8,9)44-32-42-62-57(60)50(3)4/h20-31,34-41,56H,3,5,18-19,32-33,42-49H2,1-2,4,6-17H3/t56?,59-,72?,73?/m0/s1. The number of carbonyl (C=O) groups excluding carboxylic acids is 2. The Morgan fingerprint density at radius 3 is 1.22 bits per heavy atom. The SMILES string of the molecule is C=C(C)C(=O)OCCC[Si](C)(C)O[Si](C)(C)CC[Si](C)(OC(CC)[Si](O[C@](C)(CC)[Si](C)(CC[Si](C)(C)O[Si](C)(C)CCCOC(=O)C(=C)C)c1ccccc1)(c1ccccc1)c1ccccc1)c1ccccc1. The molecule has 0 spiro atoms. The van der Waals surface area contributed by atoms with E-state index in [2.05, 4.69) is 221 Å². The first-order valence-corrected chi connectivity index (χ1v) is 47.0. The van der Waals surface area contributed by atoms with Crippen LogP contribution in [0.2, 0.25) is 102 Å². The van der Waals surface area contributed by atoms with Gasteiger partial charge in [-0.2, -0.15) is 0 Å². The van der Waals surface area contributed by atoms with E-state index in [1.807, 2.05) is 0 Å². The molecule has 4 rings (SSSR count). The van der Waals surface area contributed by atoms with Gasteiger partial charge in [0.2, 0.25) is 8.32 Å². The van der Waals surface area contributed by atoms with Crippen molar-refractivity contribution < 1.29 is 36.1 Å². The van der Waals surface area contributed by atoms with E-state index >= 15 is 0 Å². The van der Waals surface area contributed by atoms with Gasteiger partial charge in [0.15, 0.2) is 33.3 Å². The van der Waals surface area contributed by atoms with Crippen LogP contribution in [-0.4, -0.2) is 94.1 Å². The molecule has 4 atom stereocenters. The molecule has 0 fully saturated rings. The minimum absolute atomic E-state index is 0.224. The summed E-state index contributed by atoms with van der Waals surface area (Å²) in [5, 5.41) is 4.62. The second kappa shape index (κ2) is 27.3. The van der Waals surface area contributed by atoms with Crippen molar-refractivity contribution in [2.24, 2.45) is 0 Å². The summed E-state index contributed by atoms with van der Waals surface area (Å²) in [5.41, 5.74) is 0.629. The maximum absolute atomic E-state index is 12.1. The summed E-state index contributed by atoms with van der Waals surface area (Å²) in [6.07, 6.45) is 3.17. The zero-order chi connectivity index (χ0) is 55.1. The van der Waals surface area contributed by atoms with Crippen LogP contribution < -0.4 is 20.7 Å². The van der Waals surface area contributed by atoms with Gasteiger partial charge >= 0.3 is 11.9 Å². The third-order valence-electron chi connectivity index (χ3n) is 15.2. The third-order valence-corrected chi connectivity index (χ3v) is 45.3. The molecule has 0 saturated heterocycles. The van der Waals surface area contributed by atoms with Gasteiger partial charge in [-0.3, -0.25) is 0 Å².